The summed E-state index contributed by atoms with van der Waals surface area (Å²) >= 11 is 18.5. The second kappa shape index (κ2) is 11.6. The Bertz CT molecular complexity index is 1290. The highest BCUT2D eigenvalue weighted by Crippen LogP contribution is 2.35. The molecule has 9 heteroatoms. The van der Waals surface area contributed by atoms with E-state index in [1.165, 1.54) is 18.2 Å². The minimum atomic E-state index is -0.620. The summed E-state index contributed by atoms with van der Waals surface area (Å²) in [6.07, 6.45) is 1.34. The van der Waals surface area contributed by atoms with Crippen LogP contribution in [0, 0.1) is 18.3 Å². The van der Waals surface area contributed by atoms with Gasteiger partial charge in [0, 0.05) is 16.4 Å². The highest BCUT2D eigenvalue weighted by Gasteiger charge is 2.14. The van der Waals surface area contributed by atoms with Gasteiger partial charge in [-0.15, -0.1) is 0 Å². The first kappa shape index (κ1) is 25.1. The molecular weight excluding hydrogens is 497 g/mol. The maximum atomic E-state index is 12.5. The average molecular weight is 515 g/mol. The van der Waals surface area contributed by atoms with Crippen LogP contribution >= 0.6 is 34.8 Å². The van der Waals surface area contributed by atoms with Gasteiger partial charge in [0.1, 0.15) is 11.6 Å². The predicted molar refractivity (Wildman–Crippen MR) is 135 cm³/mol. The van der Waals surface area contributed by atoms with Crippen molar-refractivity contribution >= 4 is 64.1 Å². The fourth-order valence-corrected chi connectivity index (χ4v) is 3.74. The van der Waals surface area contributed by atoms with Crippen LogP contribution < -0.4 is 15.4 Å². The van der Waals surface area contributed by atoms with E-state index in [9.17, 15) is 14.9 Å². The van der Waals surface area contributed by atoms with Crippen LogP contribution in [-0.2, 0) is 9.59 Å². The molecule has 3 aromatic rings. The summed E-state index contributed by atoms with van der Waals surface area (Å²) < 4.78 is 5.50. The molecule has 0 spiro atoms. The van der Waals surface area contributed by atoms with Gasteiger partial charge < -0.3 is 15.4 Å². The Morgan fingerprint density at radius 3 is 2.24 bits per heavy atom. The van der Waals surface area contributed by atoms with Crippen molar-refractivity contribution in [1.29, 1.82) is 5.26 Å². The number of nitrogens with zero attached hydrogens (tertiary/aromatic N) is 1. The summed E-state index contributed by atoms with van der Waals surface area (Å²) in [5, 5.41) is 15.4. The lowest BCUT2D eigenvalue weighted by Gasteiger charge is -2.12. The summed E-state index contributed by atoms with van der Waals surface area (Å²) in [7, 11) is 0. The Kier molecular flexibility index (Phi) is 8.55. The molecule has 0 bridgehead atoms. The van der Waals surface area contributed by atoms with Crippen LogP contribution in [-0.4, -0.2) is 18.4 Å². The molecule has 172 valence electrons. The molecule has 3 aromatic carbocycles. The SMILES string of the molecule is Cc1cccc(NC(=O)COc2c(Cl)cc(/C=C(/C#N)C(=O)Nc3cccc(Cl)c3)cc2Cl)c1. The maximum absolute atomic E-state index is 12.5. The van der Waals surface area contributed by atoms with E-state index in [0.717, 1.165) is 5.56 Å². The summed E-state index contributed by atoms with van der Waals surface area (Å²) in [5.74, 6) is -0.891. The molecule has 3 rings (SSSR count). The van der Waals surface area contributed by atoms with Crippen LogP contribution in [0.25, 0.3) is 6.08 Å². The van der Waals surface area contributed by atoms with E-state index in [0.29, 0.717) is 22.0 Å². The number of ether oxygens (including phenoxy) is 1. The number of carbonyl (C=O) groups is 2. The van der Waals surface area contributed by atoms with E-state index in [1.807, 2.05) is 31.2 Å². The van der Waals surface area contributed by atoms with E-state index in [4.69, 9.17) is 39.5 Å². The lowest BCUT2D eigenvalue weighted by atomic mass is 10.1. The molecule has 0 radical (unpaired) electrons. The monoisotopic (exact) mass is 513 g/mol. The second-order valence-corrected chi connectivity index (χ2v) is 8.41. The number of benzene rings is 3. The molecule has 0 aliphatic carbocycles. The van der Waals surface area contributed by atoms with Gasteiger partial charge in [0.15, 0.2) is 12.4 Å². The zero-order chi connectivity index (χ0) is 24.7. The van der Waals surface area contributed by atoms with Crippen LogP contribution in [0.1, 0.15) is 11.1 Å². The number of anilines is 2. The zero-order valence-corrected chi connectivity index (χ0v) is 20.1. The average Bonchev–Trinajstić information content (AvgIpc) is 2.77. The van der Waals surface area contributed by atoms with Crippen molar-refractivity contribution in [3.05, 3.63) is 92.4 Å². The van der Waals surface area contributed by atoms with Gasteiger partial charge in [0.25, 0.3) is 11.8 Å². The van der Waals surface area contributed by atoms with Gasteiger partial charge in [0.2, 0.25) is 0 Å². The molecule has 2 N–H and O–H groups in total. The molecule has 2 amide bonds. The first-order chi connectivity index (χ1) is 16.2. The molecule has 0 unspecified atom stereocenters. The molecule has 6 nitrogen and oxygen atoms in total. The number of aryl methyl sites for hydroxylation is 1. The van der Waals surface area contributed by atoms with Crippen molar-refractivity contribution in [2.24, 2.45) is 0 Å². The normalized spacial score (nSPS) is 10.9. The summed E-state index contributed by atoms with van der Waals surface area (Å²) in [6, 6.07) is 18.7. The fourth-order valence-electron chi connectivity index (χ4n) is 2.94. The lowest BCUT2D eigenvalue weighted by Crippen LogP contribution is -2.20. The van der Waals surface area contributed by atoms with Gasteiger partial charge in [-0.05, 0) is 66.6 Å². The molecule has 0 saturated carbocycles. The first-order valence-electron chi connectivity index (χ1n) is 9.92. The minimum Gasteiger partial charge on any atom is -0.481 e. The van der Waals surface area contributed by atoms with E-state index in [-0.39, 0.29) is 33.9 Å². The van der Waals surface area contributed by atoms with Crippen molar-refractivity contribution < 1.29 is 14.3 Å². The molecule has 0 aromatic heterocycles. The summed E-state index contributed by atoms with van der Waals surface area (Å²) in [5.41, 5.74) is 2.34. The van der Waals surface area contributed by atoms with Crippen molar-refractivity contribution in [3.63, 3.8) is 0 Å². The molecular formula is C25H18Cl3N3O3. The number of nitrogens with one attached hydrogen (secondary N) is 2. The smallest absolute Gasteiger partial charge is 0.266 e. The highest BCUT2D eigenvalue weighted by atomic mass is 35.5. The highest BCUT2D eigenvalue weighted by molar-refractivity contribution is 6.37. The summed E-state index contributed by atoms with van der Waals surface area (Å²) in [4.78, 5) is 24.7. The maximum Gasteiger partial charge on any atom is 0.266 e. The van der Waals surface area contributed by atoms with Gasteiger partial charge in [-0.25, -0.2) is 0 Å². The van der Waals surface area contributed by atoms with E-state index >= 15 is 0 Å². The van der Waals surface area contributed by atoms with Crippen molar-refractivity contribution in [2.45, 2.75) is 6.92 Å². The Morgan fingerprint density at radius 2 is 1.62 bits per heavy atom. The van der Waals surface area contributed by atoms with E-state index in [2.05, 4.69) is 10.6 Å². The number of rotatable bonds is 7. The Balaban J connectivity index is 1.69. The molecule has 0 aliphatic rings. The van der Waals surface area contributed by atoms with Crippen LogP contribution in [0.3, 0.4) is 0 Å². The Hall–Kier alpha value is -3.50. The Morgan fingerprint density at radius 1 is 0.971 bits per heavy atom. The third-order valence-corrected chi connectivity index (χ3v) is 5.23. The standard InChI is InChI=1S/C25H18Cl3N3O3/c1-15-4-2-6-19(8-15)30-23(32)14-34-24-21(27)10-16(11-22(24)28)9-17(13-29)25(33)31-20-7-3-5-18(26)12-20/h2-12H,14H2,1H3,(H,30,32)(H,31,33)/b17-9-. The number of amides is 2. The largest absolute Gasteiger partial charge is 0.481 e. The summed E-state index contributed by atoms with van der Waals surface area (Å²) in [6.45, 7) is 1.61. The van der Waals surface area contributed by atoms with Crippen molar-refractivity contribution in [3.8, 4) is 11.8 Å². The minimum absolute atomic E-state index is 0.113. The molecule has 0 atom stereocenters. The molecule has 0 saturated heterocycles. The Labute approximate surface area is 211 Å². The van der Waals surface area contributed by atoms with Crippen molar-refractivity contribution in [1.82, 2.24) is 0 Å². The van der Waals surface area contributed by atoms with E-state index in [1.54, 1.807) is 30.3 Å². The predicted octanol–water partition coefficient (Wildman–Crippen LogP) is 6.52. The lowest BCUT2D eigenvalue weighted by molar-refractivity contribution is -0.118. The number of carbonyl (C=O) groups excluding carboxylic acids is 2. The van der Waals surface area contributed by atoms with Crippen LogP contribution in [0.15, 0.2) is 66.2 Å². The van der Waals surface area contributed by atoms with Gasteiger partial charge in [0.05, 0.1) is 10.0 Å². The third-order valence-electron chi connectivity index (χ3n) is 4.43. The first-order valence-corrected chi connectivity index (χ1v) is 11.1. The second-order valence-electron chi connectivity index (χ2n) is 7.15. The molecule has 0 fully saturated rings. The topological polar surface area (TPSA) is 91.2 Å². The fraction of sp³-hybridized carbons (Fsp3) is 0.0800. The van der Waals surface area contributed by atoms with Gasteiger partial charge in [-0.3, -0.25) is 9.59 Å². The van der Waals surface area contributed by atoms with Gasteiger partial charge >= 0.3 is 0 Å². The number of nitriles is 1. The third kappa shape index (κ3) is 7.00. The zero-order valence-electron chi connectivity index (χ0n) is 17.9. The number of hydrogen-bond donors (Lipinski definition) is 2. The van der Waals surface area contributed by atoms with Gasteiger partial charge in [-0.2, -0.15) is 5.26 Å². The van der Waals surface area contributed by atoms with Crippen LogP contribution in [0.2, 0.25) is 15.1 Å². The quantitative estimate of drug-likeness (QED) is 0.277. The molecule has 0 heterocycles. The van der Waals surface area contributed by atoms with Crippen LogP contribution in [0.4, 0.5) is 11.4 Å². The molecule has 0 aliphatic heterocycles. The number of halogens is 3. The number of hydrogen-bond acceptors (Lipinski definition) is 4. The molecule has 34 heavy (non-hydrogen) atoms. The van der Waals surface area contributed by atoms with Gasteiger partial charge in [-0.1, -0.05) is 53.0 Å². The van der Waals surface area contributed by atoms with E-state index < -0.39 is 5.91 Å². The van der Waals surface area contributed by atoms with Crippen molar-refractivity contribution in [2.75, 3.05) is 17.2 Å². The van der Waals surface area contributed by atoms with Crippen LogP contribution in [0.5, 0.6) is 5.75 Å².